The number of para-hydroxylation sites is 1. The lowest BCUT2D eigenvalue weighted by Crippen LogP contribution is -2.49. The highest BCUT2D eigenvalue weighted by Crippen LogP contribution is 2.13. The molecule has 154 valence electrons. The molecule has 1 amide bonds. The van der Waals surface area contributed by atoms with Gasteiger partial charge in [0.25, 0.3) is 5.91 Å². The number of hydrogen-bond acceptors (Lipinski definition) is 4. The van der Waals surface area contributed by atoms with Crippen LogP contribution in [0.2, 0.25) is 0 Å². The monoisotopic (exact) mass is 402 g/mol. The van der Waals surface area contributed by atoms with Crippen LogP contribution in [0.1, 0.15) is 27.3 Å². The first kappa shape index (κ1) is 20.0. The number of carbonyl (C=O) groups is 1. The summed E-state index contributed by atoms with van der Waals surface area (Å²) >= 11 is 0. The van der Waals surface area contributed by atoms with Gasteiger partial charge >= 0.3 is 0 Å². The lowest BCUT2D eigenvalue weighted by atomic mass is 10.1. The molecule has 1 fully saturated rings. The number of aryl methyl sites for hydroxylation is 2. The Hall–Kier alpha value is -3.25. The molecular weight excluding hydrogens is 376 g/mol. The number of benzene rings is 2. The van der Waals surface area contributed by atoms with E-state index in [4.69, 9.17) is 0 Å². The third kappa shape index (κ3) is 4.33. The maximum Gasteiger partial charge on any atom is 0.278 e. The van der Waals surface area contributed by atoms with Crippen LogP contribution in [-0.4, -0.2) is 51.7 Å². The highest BCUT2D eigenvalue weighted by molar-refractivity contribution is 5.92. The van der Waals surface area contributed by atoms with Crippen LogP contribution >= 0.6 is 0 Å². The highest BCUT2D eigenvalue weighted by atomic mass is 16.2. The van der Waals surface area contributed by atoms with Gasteiger partial charge in [0, 0.05) is 44.5 Å². The summed E-state index contributed by atoms with van der Waals surface area (Å²) in [6, 6.07) is 19.5. The summed E-state index contributed by atoms with van der Waals surface area (Å²) < 4.78 is 1.66. The van der Waals surface area contributed by atoms with Crippen LogP contribution in [0.3, 0.4) is 0 Å². The van der Waals surface area contributed by atoms with Crippen molar-refractivity contribution >= 4 is 5.91 Å². The van der Waals surface area contributed by atoms with Crippen molar-refractivity contribution in [1.29, 1.82) is 0 Å². The van der Waals surface area contributed by atoms with E-state index >= 15 is 0 Å². The number of rotatable bonds is 4. The van der Waals surface area contributed by atoms with E-state index in [1.165, 1.54) is 17.2 Å². The van der Waals surface area contributed by atoms with Crippen LogP contribution in [0.5, 0.6) is 0 Å². The quantitative estimate of drug-likeness (QED) is 0.673. The zero-order valence-corrected chi connectivity index (χ0v) is 17.4. The molecule has 0 atom stereocenters. The third-order valence-electron chi connectivity index (χ3n) is 5.46. The molecular formula is C24H26N4O2. The lowest BCUT2D eigenvalue weighted by Gasteiger charge is -2.34. The van der Waals surface area contributed by atoms with Crippen molar-refractivity contribution < 1.29 is 4.79 Å². The summed E-state index contributed by atoms with van der Waals surface area (Å²) in [5.41, 5.74) is 3.71. The summed E-state index contributed by atoms with van der Waals surface area (Å²) in [6.07, 6.45) is 0. The number of carbonyl (C=O) groups excluding carboxylic acids is 1. The number of piperazine rings is 1. The van der Waals surface area contributed by atoms with Gasteiger partial charge in [-0.05, 0) is 31.5 Å². The first-order valence-electron chi connectivity index (χ1n) is 10.2. The SMILES string of the molecule is Cc1cccc(CN2CCN(C(=O)c3nn(-c4ccccc4)c(C)cc3=O)CC2)c1. The van der Waals surface area contributed by atoms with Crippen molar-refractivity contribution in [2.75, 3.05) is 26.2 Å². The number of nitrogens with zero attached hydrogens (tertiary/aromatic N) is 4. The summed E-state index contributed by atoms with van der Waals surface area (Å²) in [5.74, 6) is -0.292. The molecule has 1 aromatic heterocycles. The summed E-state index contributed by atoms with van der Waals surface area (Å²) in [6.45, 7) is 7.51. The van der Waals surface area contributed by atoms with Crippen molar-refractivity contribution in [3.05, 3.63) is 93.4 Å². The molecule has 4 rings (SSSR count). The molecule has 0 N–H and O–H groups in total. The Labute approximate surface area is 176 Å². The minimum Gasteiger partial charge on any atom is -0.335 e. The molecule has 6 nitrogen and oxygen atoms in total. The Balaban J connectivity index is 1.47. The fraction of sp³-hybridized carbons (Fsp3) is 0.292. The zero-order valence-electron chi connectivity index (χ0n) is 17.4. The molecule has 2 heterocycles. The number of hydrogen-bond donors (Lipinski definition) is 0. The van der Waals surface area contributed by atoms with E-state index < -0.39 is 0 Å². The van der Waals surface area contributed by atoms with Crippen LogP contribution in [-0.2, 0) is 6.54 Å². The minimum absolute atomic E-state index is 0.0170. The largest absolute Gasteiger partial charge is 0.335 e. The van der Waals surface area contributed by atoms with Gasteiger partial charge in [0.2, 0.25) is 5.43 Å². The van der Waals surface area contributed by atoms with Gasteiger partial charge in [0.05, 0.1) is 5.69 Å². The maximum absolute atomic E-state index is 13.1. The van der Waals surface area contributed by atoms with E-state index in [9.17, 15) is 9.59 Å². The molecule has 0 aliphatic carbocycles. The van der Waals surface area contributed by atoms with E-state index in [0.29, 0.717) is 18.8 Å². The van der Waals surface area contributed by atoms with Crippen molar-refractivity contribution in [3.63, 3.8) is 0 Å². The number of amides is 1. The Morgan fingerprint density at radius 1 is 0.933 bits per heavy atom. The third-order valence-corrected chi connectivity index (χ3v) is 5.46. The molecule has 3 aromatic rings. The summed E-state index contributed by atoms with van der Waals surface area (Å²) in [5, 5.41) is 4.41. The molecule has 1 saturated heterocycles. The number of aromatic nitrogens is 2. The van der Waals surface area contributed by atoms with Gasteiger partial charge in [0.15, 0.2) is 5.69 Å². The van der Waals surface area contributed by atoms with Crippen molar-refractivity contribution in [2.24, 2.45) is 0 Å². The van der Waals surface area contributed by atoms with E-state index in [0.717, 1.165) is 25.3 Å². The topological polar surface area (TPSA) is 58.4 Å². The average molecular weight is 402 g/mol. The summed E-state index contributed by atoms with van der Waals surface area (Å²) in [7, 11) is 0. The van der Waals surface area contributed by atoms with Crippen LogP contribution in [0, 0.1) is 13.8 Å². The van der Waals surface area contributed by atoms with Crippen LogP contribution in [0.4, 0.5) is 0 Å². The molecule has 2 aromatic carbocycles. The second-order valence-corrected chi connectivity index (χ2v) is 7.80. The van der Waals surface area contributed by atoms with E-state index in [2.05, 4.69) is 41.2 Å². The molecule has 0 bridgehead atoms. The average Bonchev–Trinajstić information content (AvgIpc) is 2.75. The van der Waals surface area contributed by atoms with Gasteiger partial charge in [0.1, 0.15) is 0 Å². The van der Waals surface area contributed by atoms with Gasteiger partial charge in [-0.15, -0.1) is 0 Å². The van der Waals surface area contributed by atoms with Crippen molar-refractivity contribution in [2.45, 2.75) is 20.4 Å². The van der Waals surface area contributed by atoms with Gasteiger partial charge in [-0.25, -0.2) is 4.68 Å². The van der Waals surface area contributed by atoms with Gasteiger partial charge < -0.3 is 4.90 Å². The molecule has 1 aliphatic rings. The first-order valence-corrected chi connectivity index (χ1v) is 10.2. The fourth-order valence-electron chi connectivity index (χ4n) is 3.85. The Morgan fingerprint density at radius 3 is 2.37 bits per heavy atom. The molecule has 0 radical (unpaired) electrons. The van der Waals surface area contributed by atoms with Crippen molar-refractivity contribution in [1.82, 2.24) is 19.6 Å². The van der Waals surface area contributed by atoms with Crippen LogP contribution in [0.15, 0.2) is 65.5 Å². The van der Waals surface area contributed by atoms with Gasteiger partial charge in [-0.2, -0.15) is 5.10 Å². The second kappa shape index (κ2) is 8.63. The molecule has 0 saturated carbocycles. The zero-order chi connectivity index (χ0) is 21.1. The van der Waals surface area contributed by atoms with Gasteiger partial charge in [-0.1, -0.05) is 48.0 Å². The first-order chi connectivity index (χ1) is 14.5. The Morgan fingerprint density at radius 2 is 1.67 bits per heavy atom. The standard InChI is InChI=1S/C24H26N4O2/c1-18-7-6-8-20(15-18)17-26-11-13-27(14-12-26)24(30)23-22(29)16-19(2)28(25-23)21-9-4-3-5-10-21/h3-10,15-16H,11-14,17H2,1-2H3. The van der Waals surface area contributed by atoms with E-state index in [1.807, 2.05) is 37.3 Å². The normalized spacial score (nSPS) is 14.7. The second-order valence-electron chi connectivity index (χ2n) is 7.80. The van der Waals surface area contributed by atoms with Crippen LogP contribution < -0.4 is 5.43 Å². The molecule has 30 heavy (non-hydrogen) atoms. The fourth-order valence-corrected chi connectivity index (χ4v) is 3.85. The molecule has 0 spiro atoms. The predicted octanol–water partition coefficient (Wildman–Crippen LogP) is 2.81. The van der Waals surface area contributed by atoms with Crippen molar-refractivity contribution in [3.8, 4) is 5.69 Å². The maximum atomic E-state index is 13.1. The smallest absolute Gasteiger partial charge is 0.278 e. The predicted molar refractivity (Wildman–Crippen MR) is 117 cm³/mol. The van der Waals surface area contributed by atoms with E-state index in [-0.39, 0.29) is 17.0 Å². The molecule has 6 heteroatoms. The highest BCUT2D eigenvalue weighted by Gasteiger charge is 2.25. The Bertz CT molecular complexity index is 1100. The van der Waals surface area contributed by atoms with E-state index in [1.54, 1.807) is 9.58 Å². The minimum atomic E-state index is -0.327. The Kier molecular flexibility index (Phi) is 5.77. The van der Waals surface area contributed by atoms with Crippen LogP contribution in [0.25, 0.3) is 5.69 Å². The molecule has 0 unspecified atom stereocenters. The molecule has 1 aliphatic heterocycles. The summed E-state index contributed by atoms with van der Waals surface area (Å²) in [4.78, 5) is 29.6. The van der Waals surface area contributed by atoms with Gasteiger partial charge in [-0.3, -0.25) is 14.5 Å². The lowest BCUT2D eigenvalue weighted by molar-refractivity contribution is 0.0619.